The van der Waals surface area contributed by atoms with Gasteiger partial charge in [-0.25, -0.2) is 4.98 Å². The smallest absolute Gasteiger partial charge is 0.295 e. The van der Waals surface area contributed by atoms with Gasteiger partial charge in [-0.3, -0.25) is 9.52 Å². The maximum absolute atomic E-state index is 13.1. The van der Waals surface area contributed by atoms with E-state index < -0.39 is 15.9 Å². The van der Waals surface area contributed by atoms with Crippen LogP contribution in [0.2, 0.25) is 5.02 Å². The summed E-state index contributed by atoms with van der Waals surface area (Å²) in [7, 11) is -4.06. The van der Waals surface area contributed by atoms with Crippen LogP contribution in [0.15, 0.2) is 96.3 Å². The first-order chi connectivity index (χ1) is 15.4. The molecule has 1 aromatic heterocycles. The number of rotatable bonds is 7. The second kappa shape index (κ2) is 9.25. The third-order valence-corrected chi connectivity index (χ3v) is 6.17. The molecule has 4 aromatic rings. The molecule has 0 unspecified atom stereocenters. The Morgan fingerprint density at radius 1 is 0.875 bits per heavy atom. The summed E-state index contributed by atoms with van der Waals surface area (Å²) in [6.45, 7) is 0.111. The van der Waals surface area contributed by atoms with Crippen molar-refractivity contribution in [3.63, 3.8) is 0 Å². The lowest BCUT2D eigenvalue weighted by Gasteiger charge is -2.14. The van der Waals surface area contributed by atoms with Crippen molar-refractivity contribution in [2.24, 2.45) is 0 Å². The minimum Gasteiger partial charge on any atom is -0.321 e. The molecule has 1 amide bonds. The number of hydrogen-bond donors (Lipinski definition) is 2. The van der Waals surface area contributed by atoms with Crippen LogP contribution >= 0.6 is 11.6 Å². The van der Waals surface area contributed by atoms with Gasteiger partial charge in [0.2, 0.25) is 5.16 Å². The number of imidazole rings is 1. The van der Waals surface area contributed by atoms with Crippen LogP contribution in [0.4, 0.5) is 11.4 Å². The maximum Gasteiger partial charge on any atom is 0.295 e. The molecule has 0 aliphatic rings. The normalized spacial score (nSPS) is 11.2. The predicted octanol–water partition coefficient (Wildman–Crippen LogP) is 4.64. The van der Waals surface area contributed by atoms with Crippen LogP contribution in [0.3, 0.4) is 0 Å². The quantitative estimate of drug-likeness (QED) is 0.415. The van der Waals surface area contributed by atoms with Gasteiger partial charge in [0.25, 0.3) is 15.9 Å². The number of carbonyl (C=O) groups excluding carboxylic acids is 1. The van der Waals surface area contributed by atoms with Gasteiger partial charge in [0, 0.05) is 16.4 Å². The van der Waals surface area contributed by atoms with Gasteiger partial charge in [0.15, 0.2) is 0 Å². The first-order valence-electron chi connectivity index (χ1n) is 9.66. The van der Waals surface area contributed by atoms with Gasteiger partial charge in [-0.1, -0.05) is 60.1 Å². The van der Waals surface area contributed by atoms with E-state index >= 15 is 0 Å². The number of benzene rings is 3. The summed E-state index contributed by atoms with van der Waals surface area (Å²) < 4.78 is 30.1. The fourth-order valence-corrected chi connectivity index (χ4v) is 4.41. The minimum atomic E-state index is -4.06. The summed E-state index contributed by atoms with van der Waals surface area (Å²) in [5.74, 6) is -0.473. The zero-order chi connectivity index (χ0) is 22.6. The highest BCUT2D eigenvalue weighted by molar-refractivity contribution is 7.92. The summed E-state index contributed by atoms with van der Waals surface area (Å²) in [5.41, 5.74) is 1.85. The number of halogens is 1. The number of para-hydroxylation sites is 2. The van der Waals surface area contributed by atoms with Crippen molar-refractivity contribution in [3.8, 4) is 0 Å². The second-order valence-corrected chi connectivity index (χ2v) is 8.94. The standard InChI is InChI=1S/C23H19ClN4O3S/c24-18-13-11-17(12-14-18)16-28-21(22(29)26-19-7-3-1-4-8-19)15-25-23(28)32(30,31)27-20-9-5-2-6-10-20/h1-15,27H,16H2,(H,26,29). The van der Waals surface area contributed by atoms with E-state index in [1.165, 1.54) is 10.8 Å². The van der Waals surface area contributed by atoms with Gasteiger partial charge in [-0.15, -0.1) is 0 Å². The number of nitrogens with zero attached hydrogens (tertiary/aromatic N) is 2. The Bertz CT molecular complexity index is 1320. The Kier molecular flexibility index (Phi) is 6.25. The van der Waals surface area contributed by atoms with Crippen molar-refractivity contribution in [3.05, 3.63) is 107 Å². The third kappa shape index (κ3) is 4.99. The summed E-state index contributed by atoms with van der Waals surface area (Å²) in [6, 6.07) is 24.3. The van der Waals surface area contributed by atoms with Crippen molar-refractivity contribution in [2.75, 3.05) is 10.0 Å². The number of anilines is 2. The van der Waals surface area contributed by atoms with E-state index in [4.69, 9.17) is 11.6 Å². The lowest BCUT2D eigenvalue weighted by atomic mass is 10.2. The molecule has 4 rings (SSSR count). The molecule has 7 nitrogen and oxygen atoms in total. The molecule has 0 aliphatic carbocycles. The van der Waals surface area contributed by atoms with E-state index in [0.717, 1.165) is 5.56 Å². The van der Waals surface area contributed by atoms with Crippen molar-refractivity contribution in [1.29, 1.82) is 0 Å². The SMILES string of the molecule is O=C(Nc1ccccc1)c1cnc(S(=O)(=O)Nc2ccccc2)n1Cc1ccc(Cl)cc1. The highest BCUT2D eigenvalue weighted by Crippen LogP contribution is 2.20. The molecule has 32 heavy (non-hydrogen) atoms. The summed E-state index contributed by atoms with van der Waals surface area (Å²) >= 11 is 5.97. The molecule has 2 N–H and O–H groups in total. The van der Waals surface area contributed by atoms with Crippen LogP contribution in [0.25, 0.3) is 0 Å². The Hall–Kier alpha value is -3.62. The number of nitrogens with one attached hydrogen (secondary N) is 2. The predicted molar refractivity (Wildman–Crippen MR) is 124 cm³/mol. The van der Waals surface area contributed by atoms with E-state index in [1.807, 2.05) is 6.07 Å². The molecule has 0 saturated heterocycles. The molecule has 0 fully saturated rings. The molecule has 1 heterocycles. The monoisotopic (exact) mass is 466 g/mol. The van der Waals surface area contributed by atoms with E-state index in [-0.39, 0.29) is 17.4 Å². The van der Waals surface area contributed by atoms with Gasteiger partial charge >= 0.3 is 0 Å². The molecular weight excluding hydrogens is 448 g/mol. The second-order valence-electron chi connectivity index (χ2n) is 6.93. The molecule has 0 atom stereocenters. The Balaban J connectivity index is 1.72. The van der Waals surface area contributed by atoms with Crippen LogP contribution in [0.1, 0.15) is 16.1 Å². The fraction of sp³-hybridized carbons (Fsp3) is 0.0435. The molecule has 3 aromatic carbocycles. The van der Waals surface area contributed by atoms with Crippen LogP contribution in [0.5, 0.6) is 0 Å². The first kappa shape index (κ1) is 21.6. The molecule has 0 spiro atoms. The van der Waals surface area contributed by atoms with Gasteiger partial charge in [0.1, 0.15) is 5.69 Å². The Labute approximate surface area is 190 Å². The largest absolute Gasteiger partial charge is 0.321 e. The molecule has 0 radical (unpaired) electrons. The van der Waals surface area contributed by atoms with E-state index in [1.54, 1.807) is 78.9 Å². The van der Waals surface area contributed by atoms with Crippen molar-refractivity contribution < 1.29 is 13.2 Å². The maximum atomic E-state index is 13.1. The van der Waals surface area contributed by atoms with E-state index in [2.05, 4.69) is 15.0 Å². The van der Waals surface area contributed by atoms with Crippen LogP contribution in [-0.2, 0) is 16.6 Å². The number of sulfonamides is 1. The average molecular weight is 467 g/mol. The summed E-state index contributed by atoms with van der Waals surface area (Å²) in [6.07, 6.45) is 1.26. The molecule has 162 valence electrons. The highest BCUT2D eigenvalue weighted by Gasteiger charge is 2.26. The molecule has 9 heteroatoms. The van der Waals surface area contributed by atoms with Crippen molar-refractivity contribution in [1.82, 2.24) is 9.55 Å². The lowest BCUT2D eigenvalue weighted by molar-refractivity contribution is 0.101. The zero-order valence-corrected chi connectivity index (χ0v) is 18.3. The van der Waals surface area contributed by atoms with Crippen LogP contribution in [-0.4, -0.2) is 23.9 Å². The number of aromatic nitrogens is 2. The number of carbonyl (C=O) groups is 1. The van der Waals surface area contributed by atoms with Gasteiger partial charge < -0.3 is 9.88 Å². The van der Waals surface area contributed by atoms with Gasteiger partial charge in [-0.2, -0.15) is 8.42 Å². The summed E-state index contributed by atoms with van der Waals surface area (Å²) in [4.78, 5) is 17.1. The molecule has 0 bridgehead atoms. The number of hydrogen-bond acceptors (Lipinski definition) is 4. The minimum absolute atomic E-state index is 0.109. The van der Waals surface area contributed by atoms with Crippen molar-refractivity contribution in [2.45, 2.75) is 11.7 Å². The molecular formula is C23H19ClN4O3S. The highest BCUT2D eigenvalue weighted by atomic mass is 35.5. The van der Waals surface area contributed by atoms with Gasteiger partial charge in [-0.05, 0) is 42.0 Å². The Morgan fingerprint density at radius 2 is 1.47 bits per heavy atom. The van der Waals surface area contributed by atoms with Crippen LogP contribution < -0.4 is 10.0 Å². The van der Waals surface area contributed by atoms with E-state index in [0.29, 0.717) is 16.4 Å². The van der Waals surface area contributed by atoms with Crippen molar-refractivity contribution >= 4 is 38.9 Å². The topological polar surface area (TPSA) is 93.1 Å². The number of amides is 1. The molecule has 0 aliphatic heterocycles. The zero-order valence-electron chi connectivity index (χ0n) is 16.8. The Morgan fingerprint density at radius 3 is 2.09 bits per heavy atom. The molecule has 0 saturated carbocycles. The average Bonchev–Trinajstić information content (AvgIpc) is 3.21. The summed E-state index contributed by atoms with van der Waals surface area (Å²) in [5, 5.41) is 3.06. The van der Waals surface area contributed by atoms with E-state index in [9.17, 15) is 13.2 Å². The third-order valence-electron chi connectivity index (χ3n) is 4.60. The first-order valence-corrected chi connectivity index (χ1v) is 11.5. The van der Waals surface area contributed by atoms with Crippen LogP contribution in [0, 0.1) is 0 Å². The lowest BCUT2D eigenvalue weighted by Crippen LogP contribution is -2.23. The fourth-order valence-electron chi connectivity index (χ4n) is 3.10. The van der Waals surface area contributed by atoms with Gasteiger partial charge in [0.05, 0.1) is 12.7 Å².